The van der Waals surface area contributed by atoms with Crippen LogP contribution in [0.2, 0.25) is 0 Å². The molecule has 1 heterocycles. The van der Waals surface area contributed by atoms with Crippen LogP contribution in [-0.2, 0) is 4.79 Å². The van der Waals surface area contributed by atoms with Crippen LogP contribution in [0.5, 0.6) is 0 Å². The first-order valence-electron chi connectivity index (χ1n) is 8.79. The number of carbonyl (C=O) groups is 1. The zero-order valence-corrected chi connectivity index (χ0v) is 15.7. The maximum absolute atomic E-state index is 12.4. The van der Waals surface area contributed by atoms with Gasteiger partial charge in [-0.3, -0.25) is 9.78 Å². The zero-order chi connectivity index (χ0) is 18.7. The fourth-order valence-electron chi connectivity index (χ4n) is 2.70. The number of hydrogen-bond donors (Lipinski definition) is 1. The summed E-state index contributed by atoms with van der Waals surface area (Å²) >= 11 is 0. The fourth-order valence-corrected chi connectivity index (χ4v) is 2.70. The standard InChI is InChI=1S/C23H24N2O/c1-16-8-5-6-9-17(16)11-12-18-13-14-20(25-22(26)23(2,3)4)21-19(18)10-7-15-24-21/h5-15H,1-4H3,(H,25,26). The molecule has 0 bridgehead atoms. The number of hydrogen-bond acceptors (Lipinski definition) is 2. The summed E-state index contributed by atoms with van der Waals surface area (Å²) in [5.41, 5.74) is 4.59. The maximum atomic E-state index is 12.4. The van der Waals surface area contributed by atoms with E-state index in [1.165, 1.54) is 11.1 Å². The molecule has 26 heavy (non-hydrogen) atoms. The van der Waals surface area contributed by atoms with Gasteiger partial charge in [-0.05, 0) is 35.7 Å². The molecule has 0 atom stereocenters. The Morgan fingerprint density at radius 2 is 1.69 bits per heavy atom. The van der Waals surface area contributed by atoms with E-state index in [9.17, 15) is 4.79 Å². The molecule has 0 radical (unpaired) electrons. The smallest absolute Gasteiger partial charge is 0.229 e. The van der Waals surface area contributed by atoms with E-state index in [0.29, 0.717) is 0 Å². The summed E-state index contributed by atoms with van der Waals surface area (Å²) in [6.07, 6.45) is 5.97. The van der Waals surface area contributed by atoms with Gasteiger partial charge in [0.1, 0.15) is 0 Å². The minimum absolute atomic E-state index is 0.0207. The third kappa shape index (κ3) is 3.83. The van der Waals surface area contributed by atoms with Crippen molar-refractivity contribution in [3.8, 4) is 0 Å². The lowest BCUT2D eigenvalue weighted by molar-refractivity contribution is -0.123. The summed E-state index contributed by atoms with van der Waals surface area (Å²) in [6.45, 7) is 7.80. The molecule has 0 saturated carbocycles. The second-order valence-corrected chi connectivity index (χ2v) is 7.50. The number of amides is 1. The van der Waals surface area contributed by atoms with E-state index in [1.54, 1.807) is 6.20 Å². The molecule has 0 spiro atoms. The van der Waals surface area contributed by atoms with Crippen LogP contribution in [0.4, 0.5) is 5.69 Å². The number of aromatic nitrogens is 1. The Morgan fingerprint density at radius 1 is 0.962 bits per heavy atom. The Hall–Kier alpha value is -2.94. The Bertz CT molecular complexity index is 981. The van der Waals surface area contributed by atoms with Crippen molar-refractivity contribution in [3.63, 3.8) is 0 Å². The number of rotatable bonds is 3. The number of fused-ring (bicyclic) bond motifs is 1. The van der Waals surface area contributed by atoms with Crippen molar-refractivity contribution in [1.82, 2.24) is 4.98 Å². The van der Waals surface area contributed by atoms with E-state index in [4.69, 9.17) is 0 Å². The van der Waals surface area contributed by atoms with E-state index in [0.717, 1.165) is 22.2 Å². The molecule has 0 aliphatic rings. The molecule has 0 saturated heterocycles. The first-order valence-corrected chi connectivity index (χ1v) is 8.79. The van der Waals surface area contributed by atoms with Crippen molar-refractivity contribution >= 4 is 34.6 Å². The molecule has 3 aromatic rings. The van der Waals surface area contributed by atoms with Crippen LogP contribution in [0.15, 0.2) is 54.7 Å². The highest BCUT2D eigenvalue weighted by Crippen LogP contribution is 2.28. The Kier molecular flexibility index (Phi) is 4.90. The minimum Gasteiger partial charge on any atom is -0.324 e. The highest BCUT2D eigenvalue weighted by Gasteiger charge is 2.22. The molecule has 0 fully saturated rings. The normalized spacial score (nSPS) is 11.8. The molecule has 0 aliphatic heterocycles. The topological polar surface area (TPSA) is 42.0 Å². The molecule has 3 nitrogen and oxygen atoms in total. The summed E-state index contributed by atoms with van der Waals surface area (Å²) in [5, 5.41) is 4.03. The van der Waals surface area contributed by atoms with Crippen molar-refractivity contribution in [2.24, 2.45) is 5.41 Å². The van der Waals surface area contributed by atoms with Crippen LogP contribution >= 0.6 is 0 Å². The van der Waals surface area contributed by atoms with Gasteiger partial charge >= 0.3 is 0 Å². The van der Waals surface area contributed by atoms with E-state index < -0.39 is 5.41 Å². The second kappa shape index (κ2) is 7.12. The van der Waals surface area contributed by atoms with E-state index in [1.807, 2.05) is 57.2 Å². The predicted molar refractivity (Wildman–Crippen MR) is 110 cm³/mol. The quantitative estimate of drug-likeness (QED) is 0.619. The minimum atomic E-state index is -0.454. The van der Waals surface area contributed by atoms with Gasteiger partial charge < -0.3 is 5.32 Å². The van der Waals surface area contributed by atoms with Gasteiger partial charge in [0, 0.05) is 17.0 Å². The summed E-state index contributed by atoms with van der Waals surface area (Å²) in [5.74, 6) is -0.0207. The molecule has 0 aliphatic carbocycles. The highest BCUT2D eigenvalue weighted by molar-refractivity contribution is 6.04. The van der Waals surface area contributed by atoms with E-state index >= 15 is 0 Å². The molecule has 3 heteroatoms. The third-order valence-corrected chi connectivity index (χ3v) is 4.36. The number of anilines is 1. The van der Waals surface area contributed by atoms with Gasteiger partial charge in [0.05, 0.1) is 11.2 Å². The van der Waals surface area contributed by atoms with Crippen LogP contribution < -0.4 is 5.32 Å². The lowest BCUT2D eigenvalue weighted by Gasteiger charge is -2.18. The van der Waals surface area contributed by atoms with Gasteiger partial charge in [-0.2, -0.15) is 0 Å². The largest absolute Gasteiger partial charge is 0.324 e. The molecule has 1 aromatic heterocycles. The summed E-state index contributed by atoms with van der Waals surface area (Å²) in [4.78, 5) is 16.9. The number of carbonyl (C=O) groups excluding carboxylic acids is 1. The van der Waals surface area contributed by atoms with E-state index in [2.05, 4.69) is 41.5 Å². The number of nitrogens with zero attached hydrogens (tertiary/aromatic N) is 1. The van der Waals surface area contributed by atoms with Crippen LogP contribution in [-0.4, -0.2) is 10.9 Å². The van der Waals surface area contributed by atoms with Crippen molar-refractivity contribution in [3.05, 3.63) is 71.4 Å². The zero-order valence-electron chi connectivity index (χ0n) is 15.7. The number of aryl methyl sites for hydroxylation is 1. The maximum Gasteiger partial charge on any atom is 0.229 e. The van der Waals surface area contributed by atoms with Crippen molar-refractivity contribution < 1.29 is 4.79 Å². The first kappa shape index (κ1) is 17.9. The lowest BCUT2D eigenvalue weighted by atomic mass is 9.95. The van der Waals surface area contributed by atoms with Gasteiger partial charge in [0.15, 0.2) is 0 Å². The summed E-state index contributed by atoms with van der Waals surface area (Å²) in [6, 6.07) is 16.2. The van der Waals surface area contributed by atoms with Gasteiger partial charge in [0.25, 0.3) is 0 Å². The Balaban J connectivity index is 2.00. The molecule has 1 N–H and O–H groups in total. The van der Waals surface area contributed by atoms with Crippen LogP contribution in [0.25, 0.3) is 23.1 Å². The first-order chi connectivity index (χ1) is 12.4. The van der Waals surface area contributed by atoms with Crippen molar-refractivity contribution in [2.75, 3.05) is 5.32 Å². The SMILES string of the molecule is Cc1ccccc1C=Cc1ccc(NC(=O)C(C)(C)C)c2ncccc12. The molecule has 2 aromatic carbocycles. The molecular formula is C23H24N2O. The van der Waals surface area contributed by atoms with Crippen molar-refractivity contribution in [2.45, 2.75) is 27.7 Å². The average molecular weight is 344 g/mol. The van der Waals surface area contributed by atoms with Gasteiger partial charge in [-0.1, -0.05) is 69.3 Å². The van der Waals surface area contributed by atoms with E-state index in [-0.39, 0.29) is 5.91 Å². The van der Waals surface area contributed by atoms with Gasteiger partial charge in [-0.15, -0.1) is 0 Å². The molecular weight excluding hydrogens is 320 g/mol. The number of nitrogens with one attached hydrogen (secondary N) is 1. The Morgan fingerprint density at radius 3 is 2.42 bits per heavy atom. The van der Waals surface area contributed by atoms with Crippen LogP contribution in [0, 0.1) is 12.3 Å². The number of pyridine rings is 1. The lowest BCUT2D eigenvalue weighted by Crippen LogP contribution is -2.27. The Labute approximate surface area is 154 Å². The third-order valence-electron chi connectivity index (χ3n) is 4.36. The fraction of sp³-hybridized carbons (Fsp3) is 0.217. The summed E-state index contributed by atoms with van der Waals surface area (Å²) < 4.78 is 0. The van der Waals surface area contributed by atoms with Crippen molar-refractivity contribution in [1.29, 1.82) is 0 Å². The second-order valence-electron chi connectivity index (χ2n) is 7.50. The molecule has 0 unspecified atom stereocenters. The summed E-state index contributed by atoms with van der Waals surface area (Å²) in [7, 11) is 0. The molecule has 3 rings (SSSR count). The number of benzene rings is 2. The average Bonchev–Trinajstić information content (AvgIpc) is 2.61. The van der Waals surface area contributed by atoms with Crippen LogP contribution in [0.3, 0.4) is 0 Å². The van der Waals surface area contributed by atoms with Crippen LogP contribution in [0.1, 0.15) is 37.5 Å². The highest BCUT2D eigenvalue weighted by atomic mass is 16.2. The monoisotopic (exact) mass is 344 g/mol. The van der Waals surface area contributed by atoms with Gasteiger partial charge in [-0.25, -0.2) is 0 Å². The van der Waals surface area contributed by atoms with Gasteiger partial charge in [0.2, 0.25) is 5.91 Å². The predicted octanol–water partition coefficient (Wildman–Crippen LogP) is 5.70. The molecule has 132 valence electrons. The molecule has 1 amide bonds.